The minimum absolute atomic E-state index is 0.223. The van der Waals surface area contributed by atoms with E-state index in [1.807, 2.05) is 0 Å². The number of hydrogen-bond acceptors (Lipinski definition) is 2. The van der Waals surface area contributed by atoms with Crippen LogP contribution in [-0.2, 0) is 11.3 Å². The van der Waals surface area contributed by atoms with Crippen LogP contribution in [0, 0.1) is 0 Å². The van der Waals surface area contributed by atoms with E-state index in [9.17, 15) is 0 Å². The summed E-state index contributed by atoms with van der Waals surface area (Å²) in [4.78, 5) is 2.48. The van der Waals surface area contributed by atoms with Crippen LogP contribution in [0.25, 0.3) is 0 Å². The molecule has 2 aromatic carbocycles. The van der Waals surface area contributed by atoms with Gasteiger partial charge in [-0.25, -0.2) is 0 Å². The molecular formula is C18H21NO. The summed E-state index contributed by atoms with van der Waals surface area (Å²) in [7, 11) is 0. The summed E-state index contributed by atoms with van der Waals surface area (Å²) in [6.07, 6.45) is 1.25. The van der Waals surface area contributed by atoms with Crippen LogP contribution in [0.3, 0.4) is 0 Å². The number of benzene rings is 2. The van der Waals surface area contributed by atoms with Crippen LogP contribution in [0.15, 0.2) is 60.7 Å². The maximum absolute atomic E-state index is 5.98. The lowest BCUT2D eigenvalue weighted by Gasteiger charge is -2.27. The van der Waals surface area contributed by atoms with E-state index in [2.05, 4.69) is 72.5 Å². The third-order valence-corrected chi connectivity index (χ3v) is 3.96. The van der Waals surface area contributed by atoms with Crippen molar-refractivity contribution in [3.8, 4) is 0 Å². The van der Waals surface area contributed by atoms with Crippen LogP contribution in [0.1, 0.15) is 30.5 Å². The molecule has 2 atom stereocenters. The highest BCUT2D eigenvalue weighted by atomic mass is 16.5. The first-order valence-electron chi connectivity index (χ1n) is 7.34. The minimum atomic E-state index is 0.223. The highest BCUT2D eigenvalue weighted by molar-refractivity contribution is 5.21. The average molecular weight is 267 g/mol. The van der Waals surface area contributed by atoms with Gasteiger partial charge in [0, 0.05) is 6.54 Å². The Kier molecular flexibility index (Phi) is 4.14. The SMILES string of the molecule is CC[C@H]1OC[C@@H](c2ccccc2)N1Cc1ccccc1. The summed E-state index contributed by atoms with van der Waals surface area (Å²) in [5, 5.41) is 0. The van der Waals surface area contributed by atoms with E-state index in [1.54, 1.807) is 0 Å². The highest BCUT2D eigenvalue weighted by Crippen LogP contribution is 2.32. The molecule has 2 nitrogen and oxygen atoms in total. The first kappa shape index (κ1) is 13.3. The second-order valence-corrected chi connectivity index (χ2v) is 5.28. The molecule has 1 saturated heterocycles. The quantitative estimate of drug-likeness (QED) is 0.830. The number of ether oxygens (including phenoxy) is 1. The highest BCUT2D eigenvalue weighted by Gasteiger charge is 2.33. The summed E-state index contributed by atoms with van der Waals surface area (Å²) in [5.74, 6) is 0. The average Bonchev–Trinajstić information content (AvgIpc) is 2.92. The van der Waals surface area contributed by atoms with Crippen molar-refractivity contribution in [1.82, 2.24) is 4.90 Å². The normalized spacial score (nSPS) is 23.1. The van der Waals surface area contributed by atoms with Crippen LogP contribution in [0.2, 0.25) is 0 Å². The third kappa shape index (κ3) is 2.77. The van der Waals surface area contributed by atoms with Crippen molar-refractivity contribution < 1.29 is 4.74 Å². The molecule has 0 spiro atoms. The number of nitrogens with zero attached hydrogens (tertiary/aromatic N) is 1. The van der Waals surface area contributed by atoms with Gasteiger partial charge in [-0.15, -0.1) is 0 Å². The molecule has 0 radical (unpaired) electrons. The molecular weight excluding hydrogens is 246 g/mol. The molecule has 2 aromatic rings. The molecule has 0 amide bonds. The first-order chi connectivity index (χ1) is 9.88. The Balaban J connectivity index is 1.83. The Hall–Kier alpha value is -1.64. The van der Waals surface area contributed by atoms with Crippen LogP contribution in [0.4, 0.5) is 0 Å². The van der Waals surface area contributed by atoms with E-state index >= 15 is 0 Å². The molecule has 1 fully saturated rings. The lowest BCUT2D eigenvalue weighted by Crippen LogP contribution is -2.31. The molecule has 1 heterocycles. The van der Waals surface area contributed by atoms with Crippen LogP contribution < -0.4 is 0 Å². The molecule has 0 N–H and O–H groups in total. The van der Waals surface area contributed by atoms with Gasteiger partial charge in [-0.2, -0.15) is 0 Å². The summed E-state index contributed by atoms with van der Waals surface area (Å²) >= 11 is 0. The molecule has 20 heavy (non-hydrogen) atoms. The zero-order valence-corrected chi connectivity index (χ0v) is 11.9. The molecule has 1 aliphatic heterocycles. The molecule has 104 valence electrons. The molecule has 0 unspecified atom stereocenters. The van der Waals surface area contributed by atoms with Crippen LogP contribution in [-0.4, -0.2) is 17.7 Å². The summed E-state index contributed by atoms with van der Waals surface area (Å²) < 4.78 is 5.98. The molecule has 2 heteroatoms. The predicted molar refractivity (Wildman–Crippen MR) is 81.2 cm³/mol. The monoisotopic (exact) mass is 267 g/mol. The van der Waals surface area contributed by atoms with Gasteiger partial charge in [-0.05, 0) is 17.5 Å². The zero-order valence-electron chi connectivity index (χ0n) is 11.9. The van der Waals surface area contributed by atoms with Crippen molar-refractivity contribution in [2.45, 2.75) is 32.2 Å². The molecule has 0 aromatic heterocycles. The van der Waals surface area contributed by atoms with Crippen LogP contribution >= 0.6 is 0 Å². The second kappa shape index (κ2) is 6.21. The van der Waals surface area contributed by atoms with Gasteiger partial charge in [0.2, 0.25) is 0 Å². The van der Waals surface area contributed by atoms with Crippen molar-refractivity contribution in [3.63, 3.8) is 0 Å². The van der Waals surface area contributed by atoms with Gasteiger partial charge >= 0.3 is 0 Å². The lowest BCUT2D eigenvalue weighted by molar-refractivity contribution is 0.0234. The Morgan fingerprint density at radius 1 is 1.00 bits per heavy atom. The van der Waals surface area contributed by atoms with Crippen molar-refractivity contribution in [2.24, 2.45) is 0 Å². The molecule has 0 aliphatic carbocycles. The fraction of sp³-hybridized carbons (Fsp3) is 0.333. The fourth-order valence-corrected chi connectivity index (χ4v) is 2.92. The van der Waals surface area contributed by atoms with E-state index in [4.69, 9.17) is 4.74 Å². The Bertz CT molecular complexity index is 526. The topological polar surface area (TPSA) is 12.5 Å². The van der Waals surface area contributed by atoms with Crippen LogP contribution in [0.5, 0.6) is 0 Å². The van der Waals surface area contributed by atoms with E-state index in [0.717, 1.165) is 19.6 Å². The van der Waals surface area contributed by atoms with Gasteiger partial charge in [0.25, 0.3) is 0 Å². The standard InChI is InChI=1S/C18H21NO/c1-2-18-19(13-15-9-5-3-6-10-15)17(14-20-18)16-11-7-4-8-12-16/h3-12,17-18H,2,13-14H2,1H3/t17-,18+/m0/s1. The summed E-state index contributed by atoms with van der Waals surface area (Å²) in [6, 6.07) is 21.7. The maximum atomic E-state index is 5.98. The van der Waals surface area contributed by atoms with E-state index in [0.29, 0.717) is 6.04 Å². The van der Waals surface area contributed by atoms with E-state index in [-0.39, 0.29) is 6.23 Å². The Morgan fingerprint density at radius 2 is 1.65 bits per heavy atom. The fourth-order valence-electron chi connectivity index (χ4n) is 2.92. The van der Waals surface area contributed by atoms with Gasteiger partial charge < -0.3 is 4.74 Å². The first-order valence-corrected chi connectivity index (χ1v) is 7.34. The minimum Gasteiger partial charge on any atom is -0.361 e. The predicted octanol–water partition coefficient (Wildman–Crippen LogP) is 4.00. The second-order valence-electron chi connectivity index (χ2n) is 5.28. The van der Waals surface area contributed by atoms with Gasteiger partial charge in [-0.3, -0.25) is 4.90 Å². The zero-order chi connectivity index (χ0) is 13.8. The van der Waals surface area contributed by atoms with Crippen molar-refractivity contribution in [3.05, 3.63) is 71.8 Å². The van der Waals surface area contributed by atoms with Gasteiger partial charge in [0.15, 0.2) is 0 Å². The smallest absolute Gasteiger partial charge is 0.111 e. The summed E-state index contributed by atoms with van der Waals surface area (Å²) in [6.45, 7) is 3.92. The molecule has 0 bridgehead atoms. The molecule has 1 aliphatic rings. The summed E-state index contributed by atoms with van der Waals surface area (Å²) in [5.41, 5.74) is 2.69. The van der Waals surface area contributed by atoms with Gasteiger partial charge in [-0.1, -0.05) is 67.6 Å². The van der Waals surface area contributed by atoms with E-state index < -0.39 is 0 Å². The molecule has 3 rings (SSSR count). The number of hydrogen-bond donors (Lipinski definition) is 0. The maximum Gasteiger partial charge on any atom is 0.111 e. The van der Waals surface area contributed by atoms with Gasteiger partial charge in [0.05, 0.1) is 12.6 Å². The van der Waals surface area contributed by atoms with Gasteiger partial charge in [0.1, 0.15) is 6.23 Å². The Morgan fingerprint density at radius 3 is 2.30 bits per heavy atom. The van der Waals surface area contributed by atoms with Crippen molar-refractivity contribution in [1.29, 1.82) is 0 Å². The van der Waals surface area contributed by atoms with Crippen molar-refractivity contribution >= 4 is 0 Å². The third-order valence-electron chi connectivity index (χ3n) is 3.96. The van der Waals surface area contributed by atoms with Crippen molar-refractivity contribution in [2.75, 3.05) is 6.61 Å². The largest absolute Gasteiger partial charge is 0.361 e. The Labute approximate surface area is 121 Å². The number of rotatable bonds is 4. The van der Waals surface area contributed by atoms with E-state index in [1.165, 1.54) is 11.1 Å². The lowest BCUT2D eigenvalue weighted by atomic mass is 10.1. The molecule has 0 saturated carbocycles.